The number of hydrogen-bond donors (Lipinski definition) is 2. The standard InChI is InChI=1S/C14H21ClN2O3S/c1-3-4-5-12(9-16)17-21(19,20)14-8-11(10(2)18)6-7-13(14)15/h6-8,12,17H,3-5,9,16H2,1-2H3. The van der Waals surface area contributed by atoms with Gasteiger partial charge in [-0.25, -0.2) is 13.1 Å². The SMILES string of the molecule is CCCCC(CN)NS(=O)(=O)c1cc(C(C)=O)ccc1Cl. The van der Waals surface area contributed by atoms with Crippen LogP contribution in [0.2, 0.25) is 5.02 Å². The average Bonchev–Trinajstić information content (AvgIpc) is 2.43. The first-order chi connectivity index (χ1) is 9.81. The van der Waals surface area contributed by atoms with E-state index >= 15 is 0 Å². The predicted molar refractivity (Wildman–Crippen MR) is 84.1 cm³/mol. The topological polar surface area (TPSA) is 89.3 Å². The molecule has 118 valence electrons. The molecule has 7 heteroatoms. The van der Waals surface area contributed by atoms with E-state index in [0.29, 0.717) is 12.0 Å². The highest BCUT2D eigenvalue weighted by molar-refractivity contribution is 7.89. The number of halogens is 1. The van der Waals surface area contributed by atoms with Gasteiger partial charge in [-0.3, -0.25) is 4.79 Å². The number of carbonyl (C=O) groups is 1. The van der Waals surface area contributed by atoms with E-state index in [4.69, 9.17) is 17.3 Å². The number of Topliss-reactive ketones (excluding diaryl/α,β-unsaturated/α-hetero) is 1. The molecule has 0 bridgehead atoms. The minimum absolute atomic E-state index is 0.0822. The maximum atomic E-state index is 12.4. The molecular weight excluding hydrogens is 312 g/mol. The van der Waals surface area contributed by atoms with Crippen LogP contribution in [-0.4, -0.2) is 26.8 Å². The first-order valence-corrected chi connectivity index (χ1v) is 8.70. The van der Waals surface area contributed by atoms with Crippen LogP contribution < -0.4 is 10.5 Å². The molecule has 0 aliphatic rings. The average molecular weight is 333 g/mol. The normalized spacial score (nSPS) is 13.1. The Kier molecular flexibility index (Phi) is 6.80. The highest BCUT2D eigenvalue weighted by Gasteiger charge is 2.22. The fraction of sp³-hybridized carbons (Fsp3) is 0.500. The van der Waals surface area contributed by atoms with Gasteiger partial charge in [-0.1, -0.05) is 31.4 Å². The molecule has 0 aromatic heterocycles. The molecule has 0 amide bonds. The maximum absolute atomic E-state index is 12.4. The predicted octanol–water partition coefficient (Wildman–Crippen LogP) is 2.34. The monoisotopic (exact) mass is 332 g/mol. The van der Waals surface area contributed by atoms with Crippen LogP contribution in [0.15, 0.2) is 23.1 Å². The highest BCUT2D eigenvalue weighted by atomic mass is 35.5. The minimum Gasteiger partial charge on any atom is -0.329 e. The van der Waals surface area contributed by atoms with Gasteiger partial charge in [-0.2, -0.15) is 0 Å². The van der Waals surface area contributed by atoms with E-state index in [1.165, 1.54) is 25.1 Å². The van der Waals surface area contributed by atoms with Crippen molar-refractivity contribution in [2.24, 2.45) is 5.73 Å². The number of rotatable bonds is 8. The first-order valence-electron chi connectivity index (χ1n) is 6.84. The van der Waals surface area contributed by atoms with Crippen LogP contribution >= 0.6 is 11.6 Å². The van der Waals surface area contributed by atoms with Gasteiger partial charge < -0.3 is 5.73 Å². The number of nitrogens with two attached hydrogens (primary N) is 1. The number of unbranched alkanes of at least 4 members (excludes halogenated alkanes) is 1. The summed E-state index contributed by atoms with van der Waals surface area (Å²) in [4.78, 5) is 11.3. The Bertz CT molecular complexity index is 602. The molecule has 5 nitrogen and oxygen atoms in total. The Labute approximate surface area is 130 Å². The summed E-state index contributed by atoms with van der Waals surface area (Å²) in [6.07, 6.45) is 2.50. The van der Waals surface area contributed by atoms with Gasteiger partial charge >= 0.3 is 0 Å². The smallest absolute Gasteiger partial charge is 0.242 e. The lowest BCUT2D eigenvalue weighted by Crippen LogP contribution is -2.40. The van der Waals surface area contributed by atoms with Crippen LogP contribution in [0.3, 0.4) is 0 Å². The lowest BCUT2D eigenvalue weighted by molar-refractivity contribution is 0.101. The summed E-state index contributed by atoms with van der Waals surface area (Å²) in [5, 5.41) is 0.0822. The maximum Gasteiger partial charge on any atom is 0.242 e. The van der Waals surface area contributed by atoms with Gasteiger partial charge in [0.2, 0.25) is 10.0 Å². The number of carbonyl (C=O) groups excluding carboxylic acids is 1. The lowest BCUT2D eigenvalue weighted by Gasteiger charge is -2.17. The van der Waals surface area contributed by atoms with E-state index < -0.39 is 10.0 Å². The molecule has 1 aromatic carbocycles. The molecule has 0 saturated heterocycles. The Balaban J connectivity index is 3.06. The number of hydrogen-bond acceptors (Lipinski definition) is 4. The van der Waals surface area contributed by atoms with Gasteiger partial charge in [0.05, 0.1) is 5.02 Å². The summed E-state index contributed by atoms with van der Waals surface area (Å²) in [7, 11) is -3.80. The Hall–Kier alpha value is -0.950. The molecule has 0 aliphatic heterocycles. The van der Waals surface area contributed by atoms with Crippen molar-refractivity contribution in [3.05, 3.63) is 28.8 Å². The summed E-state index contributed by atoms with van der Waals surface area (Å²) in [5.41, 5.74) is 5.90. The van der Waals surface area contributed by atoms with Gasteiger partial charge in [-0.05, 0) is 31.5 Å². The van der Waals surface area contributed by atoms with Gasteiger partial charge in [0.25, 0.3) is 0 Å². The fourth-order valence-corrected chi connectivity index (χ4v) is 3.70. The molecule has 1 rings (SSSR count). The molecule has 0 radical (unpaired) electrons. The zero-order chi connectivity index (χ0) is 16.0. The van der Waals surface area contributed by atoms with E-state index in [2.05, 4.69) is 4.72 Å². The van der Waals surface area contributed by atoms with Crippen molar-refractivity contribution in [2.75, 3.05) is 6.54 Å². The Morgan fingerprint density at radius 3 is 2.62 bits per heavy atom. The highest BCUT2D eigenvalue weighted by Crippen LogP contribution is 2.23. The van der Waals surface area contributed by atoms with E-state index in [1.807, 2.05) is 6.92 Å². The van der Waals surface area contributed by atoms with Crippen LogP contribution in [-0.2, 0) is 10.0 Å². The molecule has 1 unspecified atom stereocenters. The van der Waals surface area contributed by atoms with Crippen molar-refractivity contribution in [1.29, 1.82) is 0 Å². The zero-order valence-corrected chi connectivity index (χ0v) is 13.8. The molecule has 1 aromatic rings. The first kappa shape index (κ1) is 18.1. The number of nitrogens with one attached hydrogen (secondary N) is 1. The summed E-state index contributed by atoms with van der Waals surface area (Å²) in [6.45, 7) is 3.61. The van der Waals surface area contributed by atoms with Crippen LogP contribution in [0.5, 0.6) is 0 Å². The van der Waals surface area contributed by atoms with E-state index in [0.717, 1.165) is 12.8 Å². The molecule has 0 saturated carbocycles. The largest absolute Gasteiger partial charge is 0.329 e. The molecule has 21 heavy (non-hydrogen) atoms. The molecule has 3 N–H and O–H groups in total. The van der Waals surface area contributed by atoms with Gasteiger partial charge in [-0.15, -0.1) is 0 Å². The number of benzene rings is 1. The van der Waals surface area contributed by atoms with Crippen LogP contribution in [0.1, 0.15) is 43.5 Å². The van der Waals surface area contributed by atoms with Crippen LogP contribution in [0, 0.1) is 0 Å². The molecule has 0 spiro atoms. The van der Waals surface area contributed by atoms with Crippen LogP contribution in [0.4, 0.5) is 0 Å². The van der Waals surface area contributed by atoms with E-state index in [-0.39, 0.29) is 28.3 Å². The Morgan fingerprint density at radius 1 is 1.43 bits per heavy atom. The summed E-state index contributed by atoms with van der Waals surface area (Å²) < 4.78 is 27.3. The molecule has 1 atom stereocenters. The second-order valence-electron chi connectivity index (χ2n) is 4.90. The van der Waals surface area contributed by atoms with Crippen LogP contribution in [0.25, 0.3) is 0 Å². The third-order valence-corrected chi connectivity index (χ3v) is 5.14. The van der Waals surface area contributed by atoms with Gasteiger partial charge in [0, 0.05) is 18.2 Å². The number of sulfonamides is 1. The zero-order valence-electron chi connectivity index (χ0n) is 12.2. The summed E-state index contributed by atoms with van der Waals surface area (Å²) >= 11 is 5.95. The van der Waals surface area contributed by atoms with Gasteiger partial charge in [0.15, 0.2) is 5.78 Å². The van der Waals surface area contributed by atoms with Crippen molar-refractivity contribution in [2.45, 2.75) is 44.0 Å². The van der Waals surface area contributed by atoms with E-state index in [1.54, 1.807) is 0 Å². The van der Waals surface area contributed by atoms with Gasteiger partial charge in [0.1, 0.15) is 4.90 Å². The summed E-state index contributed by atoms with van der Waals surface area (Å²) in [5.74, 6) is -0.218. The Morgan fingerprint density at radius 2 is 2.10 bits per heavy atom. The quantitative estimate of drug-likeness (QED) is 0.715. The molecular formula is C14H21ClN2O3S. The fourth-order valence-electron chi connectivity index (χ4n) is 1.89. The van der Waals surface area contributed by atoms with E-state index in [9.17, 15) is 13.2 Å². The van der Waals surface area contributed by atoms with Crippen molar-refractivity contribution in [3.63, 3.8) is 0 Å². The lowest BCUT2D eigenvalue weighted by atomic mass is 10.1. The second-order valence-corrected chi connectivity index (χ2v) is 6.99. The van der Waals surface area contributed by atoms with Crippen molar-refractivity contribution >= 4 is 27.4 Å². The minimum atomic E-state index is -3.80. The summed E-state index contributed by atoms with van der Waals surface area (Å²) in [6, 6.07) is 3.87. The van der Waals surface area contributed by atoms with Crippen molar-refractivity contribution in [1.82, 2.24) is 4.72 Å². The second kappa shape index (κ2) is 7.89. The molecule has 0 heterocycles. The third-order valence-electron chi connectivity index (χ3n) is 3.14. The molecule has 0 fully saturated rings. The van der Waals surface area contributed by atoms with Crippen molar-refractivity contribution < 1.29 is 13.2 Å². The molecule has 0 aliphatic carbocycles. The van der Waals surface area contributed by atoms with Crippen molar-refractivity contribution in [3.8, 4) is 0 Å². The third kappa shape index (κ3) is 5.07. The number of ketones is 1.